The maximum absolute atomic E-state index is 12.3. The molecule has 1 N–H and O–H groups in total. The van der Waals surface area contributed by atoms with E-state index in [-0.39, 0.29) is 5.91 Å². The Hall–Kier alpha value is -2.90. The summed E-state index contributed by atoms with van der Waals surface area (Å²) in [5.41, 5.74) is 3.15. The first-order chi connectivity index (χ1) is 14.7. The van der Waals surface area contributed by atoms with Crippen molar-refractivity contribution in [3.8, 4) is 17.1 Å². The Morgan fingerprint density at radius 3 is 2.57 bits per heavy atom. The Labute approximate surface area is 184 Å². The Bertz CT molecular complexity index is 1090. The third-order valence-electron chi connectivity index (χ3n) is 4.56. The maximum atomic E-state index is 12.3. The van der Waals surface area contributed by atoms with Crippen LogP contribution >= 0.6 is 23.1 Å². The molecule has 152 valence electrons. The largest absolute Gasteiger partial charge is 0.355 e. The van der Waals surface area contributed by atoms with Gasteiger partial charge in [-0.25, -0.2) is 0 Å². The number of hydrogen-bond donors (Lipinski definition) is 1. The molecule has 0 bridgehead atoms. The lowest BCUT2D eigenvalue weighted by atomic mass is 10.2. The number of nitrogens with zero attached hydrogens (tertiary/aromatic N) is 3. The molecule has 4 rings (SSSR count). The van der Waals surface area contributed by atoms with Crippen LogP contribution in [0.15, 0.2) is 77.3 Å². The van der Waals surface area contributed by atoms with E-state index in [4.69, 9.17) is 0 Å². The number of rotatable bonds is 8. The SMILES string of the molecule is Cc1ccc(-n2c(SCC(=O)NCCc3cccs3)nnc2-c2ccccc2)cc1. The van der Waals surface area contributed by atoms with Gasteiger partial charge < -0.3 is 5.32 Å². The number of carbonyl (C=O) groups excluding carboxylic acids is 1. The predicted octanol–water partition coefficient (Wildman–Crippen LogP) is 4.76. The van der Waals surface area contributed by atoms with Crippen molar-refractivity contribution in [3.05, 3.63) is 82.6 Å². The van der Waals surface area contributed by atoms with Gasteiger partial charge in [0.05, 0.1) is 5.75 Å². The van der Waals surface area contributed by atoms with Gasteiger partial charge in [0.2, 0.25) is 5.91 Å². The zero-order chi connectivity index (χ0) is 20.8. The molecule has 7 heteroatoms. The van der Waals surface area contributed by atoms with Gasteiger partial charge in [0.1, 0.15) is 0 Å². The van der Waals surface area contributed by atoms with E-state index in [1.54, 1.807) is 11.3 Å². The number of aromatic nitrogens is 3. The monoisotopic (exact) mass is 434 g/mol. The van der Waals surface area contributed by atoms with Crippen LogP contribution in [0.3, 0.4) is 0 Å². The highest BCUT2D eigenvalue weighted by atomic mass is 32.2. The molecule has 0 aliphatic rings. The molecule has 0 aliphatic heterocycles. The van der Waals surface area contributed by atoms with Crippen LogP contribution in [-0.4, -0.2) is 33.0 Å². The average molecular weight is 435 g/mol. The third-order valence-corrected chi connectivity index (χ3v) is 6.43. The van der Waals surface area contributed by atoms with E-state index in [1.165, 1.54) is 22.2 Å². The fraction of sp³-hybridized carbons (Fsp3) is 0.174. The van der Waals surface area contributed by atoms with Crippen molar-refractivity contribution in [2.45, 2.75) is 18.5 Å². The van der Waals surface area contributed by atoms with Crippen molar-refractivity contribution in [1.82, 2.24) is 20.1 Å². The van der Waals surface area contributed by atoms with E-state index in [1.807, 2.05) is 41.0 Å². The van der Waals surface area contributed by atoms with E-state index in [0.717, 1.165) is 23.5 Å². The number of hydrogen-bond acceptors (Lipinski definition) is 5. The van der Waals surface area contributed by atoms with Gasteiger partial charge in [0, 0.05) is 22.7 Å². The van der Waals surface area contributed by atoms with Crippen molar-refractivity contribution >= 4 is 29.0 Å². The van der Waals surface area contributed by atoms with E-state index in [2.05, 4.69) is 58.1 Å². The van der Waals surface area contributed by atoms with Crippen LogP contribution in [0.25, 0.3) is 17.1 Å². The second-order valence-corrected chi connectivity index (χ2v) is 8.79. The zero-order valence-corrected chi connectivity index (χ0v) is 18.2. The van der Waals surface area contributed by atoms with Crippen molar-refractivity contribution in [2.75, 3.05) is 12.3 Å². The van der Waals surface area contributed by atoms with E-state index in [0.29, 0.717) is 17.5 Å². The molecule has 0 saturated heterocycles. The predicted molar refractivity (Wildman–Crippen MR) is 123 cm³/mol. The van der Waals surface area contributed by atoms with E-state index in [9.17, 15) is 4.79 Å². The summed E-state index contributed by atoms with van der Waals surface area (Å²) < 4.78 is 2.01. The zero-order valence-electron chi connectivity index (χ0n) is 16.6. The molecule has 30 heavy (non-hydrogen) atoms. The molecular weight excluding hydrogens is 412 g/mol. The van der Waals surface area contributed by atoms with Crippen LogP contribution in [0.4, 0.5) is 0 Å². The van der Waals surface area contributed by atoms with E-state index >= 15 is 0 Å². The molecule has 4 aromatic rings. The molecule has 2 aromatic carbocycles. The number of aryl methyl sites for hydroxylation is 1. The van der Waals surface area contributed by atoms with Crippen LogP contribution in [-0.2, 0) is 11.2 Å². The minimum Gasteiger partial charge on any atom is -0.355 e. The second kappa shape index (κ2) is 9.73. The van der Waals surface area contributed by atoms with Crippen LogP contribution in [0.2, 0.25) is 0 Å². The van der Waals surface area contributed by atoms with Gasteiger partial charge in [-0.2, -0.15) is 0 Å². The Kier molecular flexibility index (Phi) is 6.61. The highest BCUT2D eigenvalue weighted by molar-refractivity contribution is 7.99. The van der Waals surface area contributed by atoms with Crippen molar-refractivity contribution in [2.24, 2.45) is 0 Å². The number of thiophene rings is 1. The topological polar surface area (TPSA) is 59.8 Å². The fourth-order valence-electron chi connectivity index (χ4n) is 3.03. The molecule has 1 amide bonds. The Morgan fingerprint density at radius 1 is 1.03 bits per heavy atom. The smallest absolute Gasteiger partial charge is 0.230 e. The number of carbonyl (C=O) groups is 1. The lowest BCUT2D eigenvalue weighted by Gasteiger charge is -2.11. The summed E-state index contributed by atoms with van der Waals surface area (Å²) in [6, 6.07) is 22.3. The first-order valence-corrected chi connectivity index (χ1v) is 11.6. The molecule has 0 spiro atoms. The van der Waals surface area contributed by atoms with Gasteiger partial charge in [-0.3, -0.25) is 9.36 Å². The Morgan fingerprint density at radius 2 is 1.83 bits per heavy atom. The van der Waals surface area contributed by atoms with Gasteiger partial charge in [-0.05, 0) is 36.9 Å². The molecule has 0 saturated carbocycles. The minimum atomic E-state index is -0.00345. The van der Waals surface area contributed by atoms with Crippen LogP contribution in [0.1, 0.15) is 10.4 Å². The molecular formula is C23H22N4OS2. The van der Waals surface area contributed by atoms with Crippen LogP contribution in [0, 0.1) is 6.92 Å². The van der Waals surface area contributed by atoms with Gasteiger partial charge in [0.15, 0.2) is 11.0 Å². The first kappa shape index (κ1) is 20.4. The summed E-state index contributed by atoms with van der Waals surface area (Å²) in [7, 11) is 0. The molecule has 2 heterocycles. The molecule has 0 fully saturated rings. The summed E-state index contributed by atoms with van der Waals surface area (Å²) in [6.45, 7) is 2.70. The fourth-order valence-corrected chi connectivity index (χ4v) is 4.52. The quantitative estimate of drug-likeness (QED) is 0.406. The summed E-state index contributed by atoms with van der Waals surface area (Å²) >= 11 is 3.11. The molecule has 0 aliphatic carbocycles. The second-order valence-electron chi connectivity index (χ2n) is 6.81. The summed E-state index contributed by atoms with van der Waals surface area (Å²) in [6.07, 6.45) is 0.853. The molecule has 0 radical (unpaired) electrons. The van der Waals surface area contributed by atoms with Crippen molar-refractivity contribution in [3.63, 3.8) is 0 Å². The number of nitrogens with one attached hydrogen (secondary N) is 1. The number of amides is 1. The highest BCUT2D eigenvalue weighted by Gasteiger charge is 2.17. The average Bonchev–Trinajstić information content (AvgIpc) is 3.43. The molecule has 0 unspecified atom stereocenters. The van der Waals surface area contributed by atoms with Gasteiger partial charge in [0.25, 0.3) is 0 Å². The molecule has 5 nitrogen and oxygen atoms in total. The third kappa shape index (κ3) is 4.98. The first-order valence-electron chi connectivity index (χ1n) is 9.70. The summed E-state index contributed by atoms with van der Waals surface area (Å²) in [4.78, 5) is 13.6. The van der Waals surface area contributed by atoms with Gasteiger partial charge in [-0.1, -0.05) is 65.9 Å². The lowest BCUT2D eigenvalue weighted by molar-refractivity contribution is -0.118. The minimum absolute atomic E-state index is 0.00345. The summed E-state index contributed by atoms with van der Waals surface area (Å²) in [5, 5.41) is 14.5. The van der Waals surface area contributed by atoms with Gasteiger partial charge >= 0.3 is 0 Å². The standard InChI is InChI=1S/C23H22N4OS2/c1-17-9-11-19(12-10-17)27-22(18-6-3-2-4-7-18)25-26-23(27)30-16-21(28)24-14-13-20-8-5-15-29-20/h2-12,15H,13-14,16H2,1H3,(H,24,28). The Balaban J connectivity index is 1.49. The lowest BCUT2D eigenvalue weighted by Crippen LogP contribution is -2.27. The summed E-state index contributed by atoms with van der Waals surface area (Å²) in [5.74, 6) is 1.06. The van der Waals surface area contributed by atoms with Gasteiger partial charge in [-0.15, -0.1) is 21.5 Å². The number of thioether (sulfide) groups is 1. The van der Waals surface area contributed by atoms with Crippen molar-refractivity contribution < 1.29 is 4.79 Å². The molecule has 2 aromatic heterocycles. The van der Waals surface area contributed by atoms with Crippen molar-refractivity contribution in [1.29, 1.82) is 0 Å². The van der Waals surface area contributed by atoms with Crippen LogP contribution in [0.5, 0.6) is 0 Å². The normalized spacial score (nSPS) is 10.8. The van der Waals surface area contributed by atoms with E-state index < -0.39 is 0 Å². The van der Waals surface area contributed by atoms with Crippen LogP contribution < -0.4 is 5.32 Å². The highest BCUT2D eigenvalue weighted by Crippen LogP contribution is 2.28. The maximum Gasteiger partial charge on any atom is 0.230 e. The number of benzene rings is 2. The molecule has 0 atom stereocenters.